The van der Waals surface area contributed by atoms with Crippen molar-refractivity contribution >= 4 is 11.8 Å². The number of aromatic nitrogens is 2. The highest BCUT2D eigenvalue weighted by molar-refractivity contribution is 5.96. The Balaban J connectivity index is 1.66. The fourth-order valence-electron chi connectivity index (χ4n) is 4.72. The number of H-pyrrole nitrogens is 1. The second kappa shape index (κ2) is 9.98. The maximum Gasteiger partial charge on any atom is 0.272 e. The topological polar surface area (TPSA) is 78.5 Å². The lowest BCUT2D eigenvalue weighted by Gasteiger charge is -2.40. The minimum atomic E-state index is -0.136. The molecule has 1 aromatic heterocycles. The molecule has 7 nitrogen and oxygen atoms in total. The molecule has 166 valence electrons. The summed E-state index contributed by atoms with van der Waals surface area (Å²) in [5.74, 6) is 0.585. The first kappa shape index (κ1) is 21.4. The molecule has 1 N–H and O–H groups in total. The largest absolute Gasteiger partial charge is 0.487 e. The molecule has 2 amide bonds. The Morgan fingerprint density at radius 3 is 2.65 bits per heavy atom. The standard InChI is InChI=1S/C24H32N4O3/c1-27-14-8-2-3-9-15-28(24(30)19-16-25-17-26-19)20-11-5-7-13-22(20)31-21-12-6-4-10-18(21)23(27)29/h4,6,10,12,16-17,20,22H,2-3,5,7-9,11,13-15H2,1H3,(H,25,26)/t20-,22+/m1/s1. The molecule has 0 radical (unpaired) electrons. The molecule has 0 saturated heterocycles. The molecule has 2 heterocycles. The van der Waals surface area contributed by atoms with E-state index >= 15 is 0 Å². The molecule has 1 saturated carbocycles. The summed E-state index contributed by atoms with van der Waals surface area (Å²) >= 11 is 0. The van der Waals surface area contributed by atoms with E-state index < -0.39 is 0 Å². The fraction of sp³-hybridized carbons (Fsp3) is 0.542. The van der Waals surface area contributed by atoms with Gasteiger partial charge in [0.25, 0.3) is 11.8 Å². The summed E-state index contributed by atoms with van der Waals surface area (Å²) < 4.78 is 6.49. The van der Waals surface area contributed by atoms with Gasteiger partial charge in [0.05, 0.1) is 24.1 Å². The third kappa shape index (κ3) is 4.92. The van der Waals surface area contributed by atoms with Crippen LogP contribution in [0.3, 0.4) is 0 Å². The van der Waals surface area contributed by atoms with E-state index in [2.05, 4.69) is 9.97 Å². The molecule has 0 unspecified atom stereocenters. The van der Waals surface area contributed by atoms with E-state index in [0.29, 0.717) is 23.6 Å². The highest BCUT2D eigenvalue weighted by atomic mass is 16.5. The van der Waals surface area contributed by atoms with E-state index in [4.69, 9.17) is 4.74 Å². The van der Waals surface area contributed by atoms with Crippen molar-refractivity contribution in [3.8, 4) is 5.75 Å². The molecule has 31 heavy (non-hydrogen) atoms. The van der Waals surface area contributed by atoms with Crippen LogP contribution in [0, 0.1) is 0 Å². The molecule has 4 rings (SSSR count). The molecule has 1 fully saturated rings. The van der Waals surface area contributed by atoms with Gasteiger partial charge in [0.2, 0.25) is 0 Å². The van der Waals surface area contributed by atoms with Gasteiger partial charge in [0, 0.05) is 20.1 Å². The number of hydrogen-bond acceptors (Lipinski definition) is 4. The van der Waals surface area contributed by atoms with Gasteiger partial charge >= 0.3 is 0 Å². The molecule has 0 spiro atoms. The number of carbonyl (C=O) groups excluding carboxylic acids is 2. The number of nitrogens with one attached hydrogen (secondary N) is 1. The van der Waals surface area contributed by atoms with Gasteiger partial charge in [0.15, 0.2) is 0 Å². The molecule has 2 aliphatic rings. The smallest absolute Gasteiger partial charge is 0.272 e. The Hall–Kier alpha value is -2.83. The zero-order chi connectivity index (χ0) is 21.6. The summed E-state index contributed by atoms with van der Waals surface area (Å²) in [5.41, 5.74) is 1.11. The van der Waals surface area contributed by atoms with Crippen LogP contribution >= 0.6 is 0 Å². The predicted molar refractivity (Wildman–Crippen MR) is 118 cm³/mol. The summed E-state index contributed by atoms with van der Waals surface area (Å²) in [6, 6.07) is 7.48. The van der Waals surface area contributed by atoms with Gasteiger partial charge in [-0.15, -0.1) is 0 Å². The van der Waals surface area contributed by atoms with Gasteiger partial charge in [-0.3, -0.25) is 9.59 Å². The summed E-state index contributed by atoms with van der Waals surface area (Å²) in [5, 5.41) is 0. The van der Waals surface area contributed by atoms with Crippen LogP contribution in [0.1, 0.15) is 72.2 Å². The average molecular weight is 425 g/mol. The second-order valence-corrected chi connectivity index (χ2v) is 8.61. The number of ether oxygens (including phenoxy) is 1. The normalized spacial score (nSPS) is 23.3. The summed E-state index contributed by atoms with van der Waals surface area (Å²) in [4.78, 5) is 37.2. The number of carbonyl (C=O) groups is 2. The number of imidazole rings is 1. The number of amides is 2. The monoisotopic (exact) mass is 424 g/mol. The number of hydrogen-bond donors (Lipinski definition) is 1. The van der Waals surface area contributed by atoms with Crippen LogP contribution in [0.15, 0.2) is 36.8 Å². The van der Waals surface area contributed by atoms with E-state index in [1.807, 2.05) is 36.2 Å². The van der Waals surface area contributed by atoms with Gasteiger partial charge in [-0.1, -0.05) is 31.4 Å². The number of para-hydroxylation sites is 1. The Morgan fingerprint density at radius 1 is 1.06 bits per heavy atom. The molecule has 1 aromatic carbocycles. The molecule has 1 aliphatic heterocycles. The van der Waals surface area contributed by atoms with Crippen LogP contribution in [0.5, 0.6) is 5.75 Å². The lowest BCUT2D eigenvalue weighted by atomic mass is 9.90. The number of benzene rings is 1. The van der Waals surface area contributed by atoms with E-state index in [0.717, 1.165) is 57.9 Å². The lowest BCUT2D eigenvalue weighted by Crippen LogP contribution is -2.51. The van der Waals surface area contributed by atoms with Crippen LogP contribution in [-0.4, -0.2) is 63.9 Å². The fourth-order valence-corrected chi connectivity index (χ4v) is 4.72. The lowest BCUT2D eigenvalue weighted by molar-refractivity contribution is 0.0264. The third-order valence-corrected chi connectivity index (χ3v) is 6.44. The summed E-state index contributed by atoms with van der Waals surface area (Å²) in [7, 11) is 1.86. The minimum absolute atomic E-state index is 0.00888. The van der Waals surface area contributed by atoms with Crippen LogP contribution in [0.2, 0.25) is 0 Å². The number of rotatable bonds is 1. The van der Waals surface area contributed by atoms with Crippen molar-refractivity contribution in [2.45, 2.75) is 63.5 Å². The van der Waals surface area contributed by atoms with Crippen molar-refractivity contribution in [3.63, 3.8) is 0 Å². The maximum absolute atomic E-state index is 13.3. The van der Waals surface area contributed by atoms with E-state index in [1.165, 1.54) is 0 Å². The zero-order valence-corrected chi connectivity index (χ0v) is 18.3. The van der Waals surface area contributed by atoms with Gasteiger partial charge in [-0.25, -0.2) is 4.98 Å². The number of aromatic amines is 1. The zero-order valence-electron chi connectivity index (χ0n) is 18.3. The van der Waals surface area contributed by atoms with Crippen LogP contribution in [-0.2, 0) is 0 Å². The highest BCUT2D eigenvalue weighted by Gasteiger charge is 2.35. The van der Waals surface area contributed by atoms with Crippen molar-refractivity contribution in [1.29, 1.82) is 0 Å². The molecular formula is C24H32N4O3. The molecule has 7 heteroatoms. The van der Waals surface area contributed by atoms with Gasteiger partial charge in [-0.05, 0) is 44.2 Å². The van der Waals surface area contributed by atoms with Crippen LogP contribution in [0.25, 0.3) is 0 Å². The SMILES string of the molecule is CN1CCCCCCN(C(=O)c2cnc[nH]2)[C@@H]2CCCC[C@@H]2Oc2ccccc2C1=O. The minimum Gasteiger partial charge on any atom is -0.487 e. The Bertz CT molecular complexity index is 883. The summed E-state index contributed by atoms with van der Waals surface area (Å²) in [6.07, 6.45) is 10.9. The van der Waals surface area contributed by atoms with Crippen molar-refractivity contribution in [2.24, 2.45) is 0 Å². The first-order valence-electron chi connectivity index (χ1n) is 11.5. The first-order valence-corrected chi connectivity index (χ1v) is 11.5. The van der Waals surface area contributed by atoms with Gasteiger partial charge in [-0.2, -0.15) is 0 Å². The summed E-state index contributed by atoms with van der Waals surface area (Å²) in [6.45, 7) is 1.43. The van der Waals surface area contributed by atoms with Crippen molar-refractivity contribution < 1.29 is 14.3 Å². The van der Waals surface area contributed by atoms with E-state index in [1.54, 1.807) is 17.4 Å². The van der Waals surface area contributed by atoms with Crippen LogP contribution in [0.4, 0.5) is 0 Å². The Labute approximate surface area is 183 Å². The van der Waals surface area contributed by atoms with Crippen molar-refractivity contribution in [3.05, 3.63) is 48.0 Å². The maximum atomic E-state index is 13.3. The number of nitrogens with zero attached hydrogens (tertiary/aromatic N) is 3. The molecule has 0 bridgehead atoms. The predicted octanol–water partition coefficient (Wildman–Crippen LogP) is 3.89. The molecule has 2 atom stereocenters. The van der Waals surface area contributed by atoms with E-state index in [9.17, 15) is 9.59 Å². The third-order valence-electron chi connectivity index (χ3n) is 6.44. The molecule has 1 aliphatic carbocycles. The van der Waals surface area contributed by atoms with Crippen molar-refractivity contribution in [2.75, 3.05) is 20.1 Å². The van der Waals surface area contributed by atoms with E-state index in [-0.39, 0.29) is 24.0 Å². The average Bonchev–Trinajstić information content (AvgIpc) is 3.33. The second-order valence-electron chi connectivity index (χ2n) is 8.61. The Kier molecular flexibility index (Phi) is 6.89. The van der Waals surface area contributed by atoms with Crippen molar-refractivity contribution in [1.82, 2.24) is 19.8 Å². The highest BCUT2D eigenvalue weighted by Crippen LogP contribution is 2.31. The van der Waals surface area contributed by atoms with Gasteiger partial charge < -0.3 is 19.5 Å². The van der Waals surface area contributed by atoms with Crippen LogP contribution < -0.4 is 4.74 Å². The molecule has 2 aromatic rings. The quantitative estimate of drug-likeness (QED) is 0.753. The Morgan fingerprint density at radius 2 is 1.84 bits per heavy atom. The number of fused-ring (bicyclic) bond motifs is 2. The first-order chi connectivity index (χ1) is 15.1. The van der Waals surface area contributed by atoms with Gasteiger partial charge in [0.1, 0.15) is 17.5 Å². The molecular weight excluding hydrogens is 392 g/mol.